The standard InChI is InChI=1S/C20H24N2O3/c1-15(2)21-10-6-9-18(21)20(24)22-11-12-25-14-17(22)13-19(23)16-7-4-3-5-8-16/h3-10,15,17H,11-14H2,1-2H3. The first kappa shape index (κ1) is 17.4. The van der Waals surface area contributed by atoms with Crippen LogP contribution < -0.4 is 0 Å². The number of aromatic nitrogens is 1. The van der Waals surface area contributed by atoms with Gasteiger partial charge in [-0.05, 0) is 26.0 Å². The molecule has 25 heavy (non-hydrogen) atoms. The van der Waals surface area contributed by atoms with E-state index in [2.05, 4.69) is 0 Å². The van der Waals surface area contributed by atoms with E-state index < -0.39 is 0 Å². The van der Waals surface area contributed by atoms with E-state index in [1.165, 1.54) is 0 Å². The van der Waals surface area contributed by atoms with Crippen molar-refractivity contribution in [1.29, 1.82) is 0 Å². The number of ether oxygens (including phenoxy) is 1. The van der Waals surface area contributed by atoms with Crippen LogP contribution in [0.4, 0.5) is 0 Å². The third-order valence-corrected chi connectivity index (χ3v) is 4.56. The summed E-state index contributed by atoms with van der Waals surface area (Å²) in [4.78, 5) is 27.4. The predicted octanol–water partition coefficient (Wildman–Crippen LogP) is 3.18. The minimum Gasteiger partial charge on any atom is -0.377 e. The molecule has 1 saturated heterocycles. The van der Waals surface area contributed by atoms with Gasteiger partial charge in [0, 0.05) is 30.8 Å². The first-order valence-electron chi connectivity index (χ1n) is 8.71. The van der Waals surface area contributed by atoms with Crippen molar-refractivity contribution in [3.8, 4) is 0 Å². The lowest BCUT2D eigenvalue weighted by molar-refractivity contribution is -0.00340. The lowest BCUT2D eigenvalue weighted by Crippen LogP contribution is -2.50. The Morgan fingerprint density at radius 3 is 2.64 bits per heavy atom. The number of nitrogens with zero attached hydrogens (tertiary/aromatic N) is 2. The molecule has 0 radical (unpaired) electrons. The molecular weight excluding hydrogens is 316 g/mol. The molecule has 0 aliphatic carbocycles. The molecule has 1 unspecified atom stereocenters. The second-order valence-corrected chi connectivity index (χ2v) is 6.62. The Balaban J connectivity index is 1.78. The third-order valence-electron chi connectivity index (χ3n) is 4.56. The van der Waals surface area contributed by atoms with E-state index in [4.69, 9.17) is 4.74 Å². The van der Waals surface area contributed by atoms with Crippen LogP contribution in [0.5, 0.6) is 0 Å². The SMILES string of the molecule is CC(C)n1cccc1C(=O)N1CCOCC1CC(=O)c1ccccc1. The number of ketones is 1. The number of benzene rings is 1. The molecule has 0 spiro atoms. The first-order valence-corrected chi connectivity index (χ1v) is 8.71. The van der Waals surface area contributed by atoms with Gasteiger partial charge < -0.3 is 14.2 Å². The largest absolute Gasteiger partial charge is 0.377 e. The average molecular weight is 340 g/mol. The van der Waals surface area contributed by atoms with Gasteiger partial charge in [0.1, 0.15) is 5.69 Å². The monoisotopic (exact) mass is 340 g/mol. The summed E-state index contributed by atoms with van der Waals surface area (Å²) >= 11 is 0. The van der Waals surface area contributed by atoms with Crippen LogP contribution in [0, 0.1) is 0 Å². The molecule has 5 heteroatoms. The van der Waals surface area contributed by atoms with Gasteiger partial charge in [0.25, 0.3) is 5.91 Å². The summed E-state index contributed by atoms with van der Waals surface area (Å²) in [6, 6.07) is 12.9. The van der Waals surface area contributed by atoms with E-state index in [-0.39, 0.29) is 30.2 Å². The summed E-state index contributed by atoms with van der Waals surface area (Å²) in [6.45, 7) is 5.50. The van der Waals surface area contributed by atoms with Crippen LogP contribution in [0.1, 0.15) is 47.2 Å². The minimum absolute atomic E-state index is 0.0344. The summed E-state index contributed by atoms with van der Waals surface area (Å²) in [7, 11) is 0. The molecule has 0 saturated carbocycles. The maximum Gasteiger partial charge on any atom is 0.270 e. The number of amides is 1. The van der Waals surface area contributed by atoms with Crippen LogP contribution in [-0.2, 0) is 4.74 Å². The molecule has 1 amide bonds. The number of carbonyl (C=O) groups is 2. The van der Waals surface area contributed by atoms with E-state index in [0.29, 0.717) is 31.0 Å². The van der Waals surface area contributed by atoms with Crippen molar-refractivity contribution in [2.45, 2.75) is 32.4 Å². The van der Waals surface area contributed by atoms with E-state index >= 15 is 0 Å². The Labute approximate surface area is 148 Å². The zero-order valence-electron chi connectivity index (χ0n) is 14.7. The lowest BCUT2D eigenvalue weighted by Gasteiger charge is -2.35. The zero-order valence-corrected chi connectivity index (χ0v) is 14.7. The smallest absolute Gasteiger partial charge is 0.270 e. The predicted molar refractivity (Wildman–Crippen MR) is 95.9 cm³/mol. The van der Waals surface area contributed by atoms with Gasteiger partial charge in [-0.2, -0.15) is 0 Å². The van der Waals surface area contributed by atoms with E-state index in [9.17, 15) is 9.59 Å². The van der Waals surface area contributed by atoms with Crippen LogP contribution in [-0.4, -0.2) is 47.0 Å². The number of Topliss-reactive ketones (excluding diaryl/α,β-unsaturated/α-hetero) is 1. The summed E-state index contributed by atoms with van der Waals surface area (Å²) in [5.74, 6) is 0.000930. The van der Waals surface area contributed by atoms with Gasteiger partial charge >= 0.3 is 0 Å². The highest BCUT2D eigenvalue weighted by Gasteiger charge is 2.31. The molecule has 0 N–H and O–H groups in total. The quantitative estimate of drug-likeness (QED) is 0.786. The number of carbonyl (C=O) groups excluding carboxylic acids is 2. The Morgan fingerprint density at radius 2 is 1.92 bits per heavy atom. The fraction of sp³-hybridized carbons (Fsp3) is 0.400. The number of morpholine rings is 1. The molecule has 1 aromatic heterocycles. The van der Waals surface area contributed by atoms with Crippen LogP contribution >= 0.6 is 0 Å². The van der Waals surface area contributed by atoms with E-state index in [1.54, 1.807) is 4.90 Å². The highest BCUT2D eigenvalue weighted by Crippen LogP contribution is 2.19. The van der Waals surface area contributed by atoms with Gasteiger partial charge in [-0.15, -0.1) is 0 Å². The average Bonchev–Trinajstić information content (AvgIpc) is 3.12. The highest BCUT2D eigenvalue weighted by atomic mass is 16.5. The molecule has 1 aliphatic heterocycles. The lowest BCUT2D eigenvalue weighted by atomic mass is 10.0. The maximum absolute atomic E-state index is 13.1. The second-order valence-electron chi connectivity index (χ2n) is 6.62. The summed E-state index contributed by atoms with van der Waals surface area (Å²) in [5, 5.41) is 0. The molecule has 1 fully saturated rings. The highest BCUT2D eigenvalue weighted by molar-refractivity contribution is 5.97. The number of hydrogen-bond donors (Lipinski definition) is 0. The number of rotatable bonds is 5. The molecule has 1 aromatic carbocycles. The van der Waals surface area contributed by atoms with Crippen molar-refractivity contribution in [2.24, 2.45) is 0 Å². The van der Waals surface area contributed by atoms with Crippen LogP contribution in [0.25, 0.3) is 0 Å². The van der Waals surface area contributed by atoms with Gasteiger partial charge in [-0.3, -0.25) is 9.59 Å². The Hall–Kier alpha value is -2.40. The third kappa shape index (κ3) is 3.82. The van der Waals surface area contributed by atoms with E-state index in [0.717, 1.165) is 0 Å². The maximum atomic E-state index is 13.1. The molecule has 0 bridgehead atoms. The second kappa shape index (κ2) is 7.66. The zero-order chi connectivity index (χ0) is 17.8. The fourth-order valence-electron chi connectivity index (χ4n) is 3.22. The van der Waals surface area contributed by atoms with Crippen molar-refractivity contribution in [2.75, 3.05) is 19.8 Å². The summed E-state index contributed by atoms with van der Waals surface area (Å²) < 4.78 is 7.51. The molecule has 2 heterocycles. The molecule has 3 rings (SSSR count). The summed E-state index contributed by atoms with van der Waals surface area (Å²) in [6.07, 6.45) is 2.20. The van der Waals surface area contributed by atoms with Crippen molar-refractivity contribution >= 4 is 11.7 Å². The normalized spacial score (nSPS) is 17.7. The van der Waals surface area contributed by atoms with E-state index in [1.807, 2.05) is 67.1 Å². The van der Waals surface area contributed by atoms with Gasteiger partial charge in [0.2, 0.25) is 0 Å². The Kier molecular flexibility index (Phi) is 5.34. The topological polar surface area (TPSA) is 51.5 Å². The van der Waals surface area contributed by atoms with Crippen molar-refractivity contribution < 1.29 is 14.3 Å². The number of hydrogen-bond acceptors (Lipinski definition) is 3. The van der Waals surface area contributed by atoms with Crippen LogP contribution in [0.15, 0.2) is 48.7 Å². The fourth-order valence-corrected chi connectivity index (χ4v) is 3.22. The molecule has 2 aromatic rings. The van der Waals surface area contributed by atoms with Crippen molar-refractivity contribution in [3.05, 3.63) is 59.9 Å². The van der Waals surface area contributed by atoms with Crippen molar-refractivity contribution in [3.63, 3.8) is 0 Å². The van der Waals surface area contributed by atoms with Gasteiger partial charge in [0.05, 0.1) is 19.3 Å². The van der Waals surface area contributed by atoms with Gasteiger partial charge in [-0.25, -0.2) is 0 Å². The molecule has 1 aliphatic rings. The van der Waals surface area contributed by atoms with Crippen molar-refractivity contribution in [1.82, 2.24) is 9.47 Å². The molecule has 132 valence electrons. The van der Waals surface area contributed by atoms with Gasteiger partial charge in [-0.1, -0.05) is 30.3 Å². The molecular formula is C20H24N2O3. The minimum atomic E-state index is -0.232. The summed E-state index contributed by atoms with van der Waals surface area (Å²) in [5.41, 5.74) is 1.33. The van der Waals surface area contributed by atoms with Gasteiger partial charge in [0.15, 0.2) is 5.78 Å². The van der Waals surface area contributed by atoms with Crippen LogP contribution in [0.3, 0.4) is 0 Å². The Morgan fingerprint density at radius 1 is 1.16 bits per heavy atom. The first-order chi connectivity index (χ1) is 12.1. The molecule has 1 atom stereocenters. The molecule has 5 nitrogen and oxygen atoms in total. The van der Waals surface area contributed by atoms with Crippen LogP contribution in [0.2, 0.25) is 0 Å². The Bertz CT molecular complexity index is 736.